The van der Waals surface area contributed by atoms with Crippen LogP contribution in [-0.2, 0) is 20.9 Å². The zero-order valence-electron chi connectivity index (χ0n) is 15.8. The van der Waals surface area contributed by atoms with Crippen LogP contribution in [0.25, 0.3) is 0 Å². The van der Waals surface area contributed by atoms with E-state index in [2.05, 4.69) is 24.3 Å². The number of fused-ring (bicyclic) bond motifs is 2. The Balaban J connectivity index is 1.50. The number of aliphatic hydroxyl groups is 1. The maximum atomic E-state index is 12.6. The molecule has 1 unspecified atom stereocenters. The number of piperidine rings is 1. The lowest BCUT2D eigenvalue weighted by Gasteiger charge is -2.56. The molecule has 1 spiro atoms. The van der Waals surface area contributed by atoms with E-state index in [9.17, 15) is 9.90 Å². The molecule has 1 N–H and O–H groups in total. The molecule has 0 bridgehead atoms. The van der Waals surface area contributed by atoms with Crippen molar-refractivity contribution < 1.29 is 19.4 Å². The standard InChI is InChI=1S/C22H29NO4/c24-14-19-13-20(25)23-12-6-11-22(21(23)27-19)10-5-4-9-18(22)16-26-15-17-7-2-1-3-8-17/h1-5,7-8,18-19,21,24H,6,9-16H2/t18-,19+,21?,22+/m1/s1. The van der Waals surface area contributed by atoms with Crippen molar-refractivity contribution in [2.24, 2.45) is 11.3 Å². The number of carbonyl (C=O) groups is 1. The molecule has 0 radical (unpaired) electrons. The van der Waals surface area contributed by atoms with Crippen molar-refractivity contribution in [3.05, 3.63) is 48.0 Å². The predicted molar refractivity (Wildman–Crippen MR) is 102 cm³/mol. The first-order chi connectivity index (χ1) is 13.2. The van der Waals surface area contributed by atoms with E-state index in [0.29, 0.717) is 19.1 Å². The number of carbonyl (C=O) groups excluding carboxylic acids is 1. The van der Waals surface area contributed by atoms with E-state index in [1.807, 2.05) is 23.1 Å². The SMILES string of the molecule is O=C1C[C@@H](CO)OC2N1CCC[C@]21CC=CC[C@@H]1COCc1ccccc1. The first-order valence-electron chi connectivity index (χ1n) is 10.1. The molecule has 2 saturated heterocycles. The van der Waals surface area contributed by atoms with E-state index in [1.54, 1.807) is 0 Å². The lowest BCUT2D eigenvalue weighted by molar-refractivity contribution is -0.235. The Hall–Kier alpha value is -1.69. The van der Waals surface area contributed by atoms with Gasteiger partial charge in [-0.2, -0.15) is 0 Å². The molecule has 4 atom stereocenters. The largest absolute Gasteiger partial charge is 0.394 e. The number of allylic oxidation sites excluding steroid dienone is 2. The van der Waals surface area contributed by atoms with Gasteiger partial charge in [-0.1, -0.05) is 42.5 Å². The van der Waals surface area contributed by atoms with Crippen LogP contribution in [0.1, 0.15) is 37.7 Å². The molecule has 5 nitrogen and oxygen atoms in total. The predicted octanol–water partition coefficient (Wildman–Crippen LogP) is 2.89. The molecule has 27 heavy (non-hydrogen) atoms. The first-order valence-corrected chi connectivity index (χ1v) is 10.1. The van der Waals surface area contributed by atoms with Gasteiger partial charge in [0.25, 0.3) is 0 Å². The Morgan fingerprint density at radius 3 is 2.93 bits per heavy atom. The highest BCUT2D eigenvalue weighted by Gasteiger charge is 2.54. The third-order valence-corrected chi connectivity index (χ3v) is 6.39. The Bertz CT molecular complexity index is 676. The summed E-state index contributed by atoms with van der Waals surface area (Å²) in [5.41, 5.74) is 1.06. The summed E-state index contributed by atoms with van der Waals surface area (Å²) in [5, 5.41) is 9.58. The summed E-state index contributed by atoms with van der Waals surface area (Å²) in [7, 11) is 0. The Morgan fingerprint density at radius 1 is 1.26 bits per heavy atom. The van der Waals surface area contributed by atoms with Crippen LogP contribution in [0.5, 0.6) is 0 Å². The minimum absolute atomic E-state index is 0.100. The number of nitrogens with zero attached hydrogens (tertiary/aromatic N) is 1. The van der Waals surface area contributed by atoms with Crippen LogP contribution in [0, 0.1) is 11.3 Å². The molecule has 1 amide bonds. The fraction of sp³-hybridized carbons (Fsp3) is 0.591. The van der Waals surface area contributed by atoms with E-state index < -0.39 is 0 Å². The maximum Gasteiger partial charge on any atom is 0.227 e. The van der Waals surface area contributed by atoms with E-state index in [4.69, 9.17) is 9.47 Å². The molecule has 2 heterocycles. The lowest BCUT2D eigenvalue weighted by Crippen LogP contribution is -2.63. The molecule has 2 aliphatic heterocycles. The number of amides is 1. The molecule has 146 valence electrons. The van der Waals surface area contributed by atoms with Crippen LogP contribution in [0.15, 0.2) is 42.5 Å². The fourth-order valence-electron chi connectivity index (χ4n) is 4.94. The van der Waals surface area contributed by atoms with Gasteiger partial charge < -0.3 is 19.5 Å². The Kier molecular flexibility index (Phi) is 5.62. The van der Waals surface area contributed by atoms with Crippen molar-refractivity contribution in [3.8, 4) is 0 Å². The van der Waals surface area contributed by atoms with Gasteiger partial charge in [-0.05, 0) is 37.2 Å². The smallest absolute Gasteiger partial charge is 0.227 e. The molecule has 2 fully saturated rings. The number of ether oxygens (including phenoxy) is 2. The molecule has 1 aromatic rings. The molecule has 3 aliphatic rings. The molecular formula is C22H29NO4. The van der Waals surface area contributed by atoms with Crippen LogP contribution in [0.3, 0.4) is 0 Å². The number of rotatable bonds is 5. The number of hydrogen-bond acceptors (Lipinski definition) is 4. The van der Waals surface area contributed by atoms with Gasteiger partial charge in [-0.25, -0.2) is 0 Å². The van der Waals surface area contributed by atoms with E-state index in [-0.39, 0.29) is 36.7 Å². The zero-order valence-corrected chi connectivity index (χ0v) is 15.8. The highest BCUT2D eigenvalue weighted by atomic mass is 16.5. The van der Waals surface area contributed by atoms with E-state index in [1.165, 1.54) is 5.56 Å². The minimum Gasteiger partial charge on any atom is -0.394 e. The van der Waals surface area contributed by atoms with Gasteiger partial charge >= 0.3 is 0 Å². The monoisotopic (exact) mass is 371 g/mol. The molecular weight excluding hydrogens is 342 g/mol. The van der Waals surface area contributed by atoms with Crippen molar-refractivity contribution in [3.63, 3.8) is 0 Å². The topological polar surface area (TPSA) is 59.0 Å². The van der Waals surface area contributed by atoms with Gasteiger partial charge in [0.05, 0.1) is 32.3 Å². The molecule has 0 aromatic heterocycles. The number of benzene rings is 1. The number of hydrogen-bond donors (Lipinski definition) is 1. The van der Waals surface area contributed by atoms with Gasteiger partial charge in [0.2, 0.25) is 5.91 Å². The summed E-state index contributed by atoms with van der Waals surface area (Å²) in [6, 6.07) is 10.2. The van der Waals surface area contributed by atoms with Crippen molar-refractivity contribution in [2.45, 2.75) is 51.0 Å². The second-order valence-corrected chi connectivity index (χ2v) is 8.03. The quantitative estimate of drug-likeness (QED) is 0.809. The highest BCUT2D eigenvalue weighted by molar-refractivity contribution is 5.77. The summed E-state index contributed by atoms with van der Waals surface area (Å²) in [5.74, 6) is 0.423. The molecule has 5 heteroatoms. The third kappa shape index (κ3) is 3.68. The fourth-order valence-corrected chi connectivity index (χ4v) is 4.94. The lowest BCUT2D eigenvalue weighted by atomic mass is 9.63. The maximum absolute atomic E-state index is 12.6. The zero-order chi connectivity index (χ0) is 18.7. The van der Waals surface area contributed by atoms with Gasteiger partial charge in [0.15, 0.2) is 0 Å². The van der Waals surface area contributed by atoms with E-state index >= 15 is 0 Å². The summed E-state index contributed by atoms with van der Waals surface area (Å²) < 4.78 is 12.4. The van der Waals surface area contributed by atoms with Crippen LogP contribution in [0.4, 0.5) is 0 Å². The minimum atomic E-state index is -0.384. The Labute approximate surface area is 161 Å². The molecule has 4 rings (SSSR count). The Morgan fingerprint density at radius 2 is 2.11 bits per heavy atom. The normalized spacial score (nSPS) is 33.3. The van der Waals surface area contributed by atoms with Crippen LogP contribution < -0.4 is 0 Å². The average molecular weight is 371 g/mol. The molecule has 1 aliphatic carbocycles. The number of aliphatic hydroxyl groups excluding tert-OH is 1. The van der Waals surface area contributed by atoms with E-state index in [0.717, 1.165) is 32.2 Å². The first kappa shape index (κ1) is 18.7. The second-order valence-electron chi connectivity index (χ2n) is 8.03. The van der Waals surface area contributed by atoms with Gasteiger partial charge in [-0.15, -0.1) is 0 Å². The van der Waals surface area contributed by atoms with Crippen molar-refractivity contribution >= 4 is 5.91 Å². The van der Waals surface area contributed by atoms with Crippen LogP contribution in [0.2, 0.25) is 0 Å². The average Bonchev–Trinajstić information content (AvgIpc) is 2.71. The summed E-state index contributed by atoms with van der Waals surface area (Å²) in [6.45, 7) is 1.91. The van der Waals surface area contributed by atoms with Gasteiger partial charge in [0.1, 0.15) is 6.23 Å². The second kappa shape index (κ2) is 8.13. The van der Waals surface area contributed by atoms with Gasteiger partial charge in [-0.3, -0.25) is 4.79 Å². The highest BCUT2D eigenvalue weighted by Crippen LogP contribution is 2.51. The summed E-state index contributed by atoms with van der Waals surface area (Å²) in [6.07, 6.45) is 7.99. The van der Waals surface area contributed by atoms with Crippen molar-refractivity contribution in [1.29, 1.82) is 0 Å². The van der Waals surface area contributed by atoms with Crippen LogP contribution in [-0.4, -0.2) is 48.0 Å². The van der Waals surface area contributed by atoms with Crippen molar-refractivity contribution in [2.75, 3.05) is 19.8 Å². The summed E-state index contributed by atoms with van der Waals surface area (Å²) >= 11 is 0. The van der Waals surface area contributed by atoms with Crippen LogP contribution >= 0.6 is 0 Å². The molecule has 0 saturated carbocycles. The summed E-state index contributed by atoms with van der Waals surface area (Å²) in [4.78, 5) is 14.5. The van der Waals surface area contributed by atoms with Crippen molar-refractivity contribution in [1.82, 2.24) is 4.90 Å². The molecule has 1 aromatic carbocycles. The van der Waals surface area contributed by atoms with Gasteiger partial charge in [0, 0.05) is 12.0 Å². The third-order valence-electron chi connectivity index (χ3n) is 6.39.